The van der Waals surface area contributed by atoms with Crippen LogP contribution in [0.1, 0.15) is 11.1 Å². The molecule has 1 aromatic rings. The van der Waals surface area contributed by atoms with E-state index in [1.165, 1.54) is 6.07 Å². The summed E-state index contributed by atoms with van der Waals surface area (Å²) >= 11 is 2.98. The molecule has 0 fully saturated rings. The van der Waals surface area contributed by atoms with Gasteiger partial charge in [0, 0.05) is 10.0 Å². The van der Waals surface area contributed by atoms with Crippen LogP contribution in [0.3, 0.4) is 0 Å². The number of benzene rings is 1. The second kappa shape index (κ2) is 3.78. The van der Waals surface area contributed by atoms with Gasteiger partial charge in [-0.1, -0.05) is 0 Å². The summed E-state index contributed by atoms with van der Waals surface area (Å²) < 4.78 is 37.4. The second-order valence-corrected chi connectivity index (χ2v) is 3.50. The van der Waals surface area contributed by atoms with Gasteiger partial charge in [0.25, 0.3) is 0 Å². The van der Waals surface area contributed by atoms with Gasteiger partial charge < -0.3 is 10.8 Å². The van der Waals surface area contributed by atoms with Crippen LogP contribution in [0, 0.1) is 0 Å². The molecule has 0 atom stereocenters. The molecule has 0 unspecified atom stereocenters. The molecule has 2 nitrogen and oxygen atoms in total. The number of hydrogen-bond acceptors (Lipinski definition) is 2. The van der Waals surface area contributed by atoms with Gasteiger partial charge in [-0.2, -0.15) is 13.2 Å². The van der Waals surface area contributed by atoms with Gasteiger partial charge in [-0.3, -0.25) is 0 Å². The average Bonchev–Trinajstić information content (AvgIpc) is 2.07. The Labute approximate surface area is 86.7 Å². The van der Waals surface area contributed by atoms with Crippen molar-refractivity contribution in [1.82, 2.24) is 0 Å². The van der Waals surface area contributed by atoms with Crippen molar-refractivity contribution >= 4 is 21.6 Å². The van der Waals surface area contributed by atoms with Crippen molar-refractivity contribution in [2.75, 3.05) is 5.73 Å². The highest BCUT2D eigenvalue weighted by molar-refractivity contribution is 9.10. The van der Waals surface area contributed by atoms with E-state index in [0.717, 1.165) is 6.07 Å². The second-order valence-electron chi connectivity index (χ2n) is 2.64. The number of aliphatic hydroxyl groups excluding tert-OH is 1. The average molecular weight is 270 g/mol. The summed E-state index contributed by atoms with van der Waals surface area (Å²) in [5.41, 5.74) is 4.10. The monoisotopic (exact) mass is 269 g/mol. The lowest BCUT2D eigenvalue weighted by atomic mass is 10.1. The van der Waals surface area contributed by atoms with Crippen LogP contribution in [-0.2, 0) is 12.8 Å². The Morgan fingerprint density at radius 1 is 1.36 bits per heavy atom. The molecule has 6 heteroatoms. The molecule has 0 radical (unpaired) electrons. The fourth-order valence-electron chi connectivity index (χ4n) is 1.07. The van der Waals surface area contributed by atoms with Gasteiger partial charge in [0.15, 0.2) is 0 Å². The van der Waals surface area contributed by atoms with E-state index in [-0.39, 0.29) is 11.3 Å². The number of alkyl halides is 3. The number of aliphatic hydroxyl groups is 1. The van der Waals surface area contributed by atoms with E-state index < -0.39 is 18.3 Å². The molecule has 0 aliphatic rings. The Morgan fingerprint density at radius 3 is 2.36 bits per heavy atom. The lowest BCUT2D eigenvalue weighted by Gasteiger charge is -2.14. The van der Waals surface area contributed by atoms with Crippen molar-refractivity contribution in [3.63, 3.8) is 0 Å². The summed E-state index contributed by atoms with van der Waals surface area (Å²) in [5.74, 6) is 0. The summed E-state index contributed by atoms with van der Waals surface area (Å²) in [6, 6.07) is 2.09. The van der Waals surface area contributed by atoms with Gasteiger partial charge >= 0.3 is 6.18 Å². The lowest BCUT2D eigenvalue weighted by Crippen LogP contribution is -2.11. The topological polar surface area (TPSA) is 46.2 Å². The number of halogens is 4. The normalized spacial score (nSPS) is 11.8. The van der Waals surface area contributed by atoms with Crippen molar-refractivity contribution in [3.05, 3.63) is 27.7 Å². The maximum atomic E-state index is 12.4. The zero-order valence-electron chi connectivity index (χ0n) is 6.90. The number of anilines is 1. The largest absolute Gasteiger partial charge is 0.416 e. The maximum absolute atomic E-state index is 12.4. The van der Waals surface area contributed by atoms with E-state index in [2.05, 4.69) is 15.9 Å². The molecule has 0 aromatic heterocycles. The Kier molecular flexibility index (Phi) is 3.06. The van der Waals surface area contributed by atoms with Crippen LogP contribution >= 0.6 is 15.9 Å². The number of rotatable bonds is 1. The third-order valence-corrected chi connectivity index (χ3v) is 2.46. The molecule has 1 rings (SSSR count). The van der Waals surface area contributed by atoms with Crippen LogP contribution in [0.4, 0.5) is 18.9 Å². The molecule has 3 N–H and O–H groups in total. The van der Waals surface area contributed by atoms with Crippen LogP contribution in [0.5, 0.6) is 0 Å². The van der Waals surface area contributed by atoms with E-state index >= 15 is 0 Å². The van der Waals surface area contributed by atoms with Crippen LogP contribution in [0.25, 0.3) is 0 Å². The molecule has 0 aliphatic heterocycles. The first-order chi connectivity index (χ1) is 6.38. The minimum Gasteiger partial charge on any atom is -0.398 e. The molecule has 0 saturated heterocycles. The van der Waals surface area contributed by atoms with Gasteiger partial charge in [0.1, 0.15) is 0 Å². The smallest absolute Gasteiger partial charge is 0.398 e. The highest BCUT2D eigenvalue weighted by atomic mass is 79.9. The Morgan fingerprint density at radius 2 is 1.93 bits per heavy atom. The summed E-state index contributed by atoms with van der Waals surface area (Å²) in [6.07, 6.45) is -4.49. The predicted molar refractivity (Wildman–Crippen MR) is 49.5 cm³/mol. The number of nitrogen functional groups attached to an aromatic ring is 1. The molecule has 0 heterocycles. The standard InChI is InChI=1S/C8H7BrF3NO/c9-6-2-1-5(8(10,11)12)4(3-14)7(6)13/h1-2,14H,3,13H2. The van der Waals surface area contributed by atoms with Crippen molar-refractivity contribution in [3.8, 4) is 0 Å². The molecule has 0 spiro atoms. The Bertz CT molecular complexity index is 351. The zero-order chi connectivity index (χ0) is 10.9. The van der Waals surface area contributed by atoms with Crippen LogP contribution < -0.4 is 5.73 Å². The maximum Gasteiger partial charge on any atom is 0.416 e. The first-order valence-corrected chi connectivity index (χ1v) is 4.42. The van der Waals surface area contributed by atoms with E-state index in [9.17, 15) is 13.2 Å². The molecule has 0 aliphatic carbocycles. The summed E-state index contributed by atoms with van der Waals surface area (Å²) in [5, 5.41) is 8.79. The van der Waals surface area contributed by atoms with E-state index in [4.69, 9.17) is 10.8 Å². The first kappa shape index (κ1) is 11.3. The van der Waals surface area contributed by atoms with Crippen molar-refractivity contribution in [1.29, 1.82) is 0 Å². The van der Waals surface area contributed by atoms with Crippen molar-refractivity contribution < 1.29 is 18.3 Å². The molecule has 1 aromatic carbocycles. The van der Waals surface area contributed by atoms with Crippen molar-refractivity contribution in [2.45, 2.75) is 12.8 Å². The fraction of sp³-hybridized carbons (Fsp3) is 0.250. The van der Waals surface area contributed by atoms with E-state index in [1.807, 2.05) is 0 Å². The molecule has 0 bridgehead atoms. The summed E-state index contributed by atoms with van der Waals surface area (Å²) in [7, 11) is 0. The molecule has 14 heavy (non-hydrogen) atoms. The lowest BCUT2D eigenvalue weighted by molar-refractivity contribution is -0.138. The van der Waals surface area contributed by atoms with Crippen LogP contribution in [0.15, 0.2) is 16.6 Å². The SMILES string of the molecule is Nc1c(Br)ccc(C(F)(F)F)c1CO. The third-order valence-electron chi connectivity index (χ3n) is 1.77. The minimum absolute atomic E-state index is 0.0812. The molecular weight excluding hydrogens is 263 g/mol. The van der Waals surface area contributed by atoms with Gasteiger partial charge in [0.05, 0.1) is 17.9 Å². The first-order valence-electron chi connectivity index (χ1n) is 3.63. The molecule has 0 saturated carbocycles. The predicted octanol–water partition coefficient (Wildman–Crippen LogP) is 2.54. The highest BCUT2D eigenvalue weighted by Crippen LogP contribution is 2.37. The quantitative estimate of drug-likeness (QED) is 0.770. The van der Waals surface area contributed by atoms with Gasteiger partial charge in [0.2, 0.25) is 0 Å². The Hall–Kier alpha value is -0.750. The minimum atomic E-state index is -4.49. The summed E-state index contributed by atoms with van der Waals surface area (Å²) in [4.78, 5) is 0. The number of hydrogen-bond donors (Lipinski definition) is 2. The number of nitrogens with two attached hydrogens (primary N) is 1. The highest BCUT2D eigenvalue weighted by Gasteiger charge is 2.34. The van der Waals surface area contributed by atoms with Gasteiger partial charge in [-0.15, -0.1) is 0 Å². The summed E-state index contributed by atoms with van der Waals surface area (Å²) in [6.45, 7) is -0.736. The molecule has 78 valence electrons. The van der Waals surface area contributed by atoms with Crippen LogP contribution in [-0.4, -0.2) is 5.11 Å². The fourth-order valence-corrected chi connectivity index (χ4v) is 1.44. The van der Waals surface area contributed by atoms with E-state index in [1.54, 1.807) is 0 Å². The molecule has 0 amide bonds. The van der Waals surface area contributed by atoms with Crippen molar-refractivity contribution in [2.24, 2.45) is 0 Å². The van der Waals surface area contributed by atoms with Gasteiger partial charge in [-0.25, -0.2) is 0 Å². The Balaban J connectivity index is 3.39. The third kappa shape index (κ3) is 2.01. The van der Waals surface area contributed by atoms with Gasteiger partial charge in [-0.05, 0) is 28.1 Å². The zero-order valence-corrected chi connectivity index (χ0v) is 8.48. The molecular formula is C8H7BrF3NO. The van der Waals surface area contributed by atoms with Crippen LogP contribution in [0.2, 0.25) is 0 Å². The van der Waals surface area contributed by atoms with E-state index in [0.29, 0.717) is 4.47 Å².